The average molecular weight is 163 g/mol. The summed E-state index contributed by atoms with van der Waals surface area (Å²) < 4.78 is 5.00. The van der Waals surface area contributed by atoms with Crippen molar-refractivity contribution in [1.82, 2.24) is 0 Å². The van der Waals surface area contributed by atoms with Gasteiger partial charge in [0.2, 0.25) is 0 Å². The van der Waals surface area contributed by atoms with Gasteiger partial charge in [0.05, 0.1) is 5.69 Å². The molecule has 1 aromatic rings. The smallest absolute Gasteiger partial charge is 0.164 e. The second kappa shape index (κ2) is 2.77. The van der Waals surface area contributed by atoms with Crippen molar-refractivity contribution < 1.29 is 9.84 Å². The van der Waals surface area contributed by atoms with E-state index < -0.39 is 0 Å². The standard InChI is InChI=1S/C9H9NO2/c11-9-4-2-1-3-8(9)10-5-6-12-7-10/h1-6,11H,7H2. The molecule has 0 bridgehead atoms. The zero-order chi connectivity index (χ0) is 8.39. The fourth-order valence-corrected chi connectivity index (χ4v) is 1.14. The maximum absolute atomic E-state index is 9.44. The topological polar surface area (TPSA) is 32.7 Å². The molecule has 12 heavy (non-hydrogen) atoms. The number of rotatable bonds is 1. The van der Waals surface area contributed by atoms with Crippen LogP contribution in [0, 0.1) is 0 Å². The third-order valence-corrected chi connectivity index (χ3v) is 1.74. The first-order valence-electron chi connectivity index (χ1n) is 3.71. The van der Waals surface area contributed by atoms with E-state index in [2.05, 4.69) is 0 Å². The van der Waals surface area contributed by atoms with Crippen molar-refractivity contribution in [3.63, 3.8) is 0 Å². The second-order valence-corrected chi connectivity index (χ2v) is 2.54. The van der Waals surface area contributed by atoms with E-state index in [1.165, 1.54) is 0 Å². The highest BCUT2D eigenvalue weighted by atomic mass is 16.5. The van der Waals surface area contributed by atoms with Gasteiger partial charge in [0, 0.05) is 6.20 Å². The molecular weight excluding hydrogens is 154 g/mol. The first-order chi connectivity index (χ1) is 5.88. The highest BCUT2D eigenvalue weighted by molar-refractivity contribution is 5.59. The minimum Gasteiger partial charge on any atom is -0.506 e. The Morgan fingerprint density at radius 2 is 2.17 bits per heavy atom. The summed E-state index contributed by atoms with van der Waals surface area (Å²) in [7, 11) is 0. The Labute approximate surface area is 70.5 Å². The summed E-state index contributed by atoms with van der Waals surface area (Å²) in [5, 5.41) is 9.44. The molecule has 0 saturated heterocycles. The van der Waals surface area contributed by atoms with Gasteiger partial charge in [-0.15, -0.1) is 0 Å². The lowest BCUT2D eigenvalue weighted by Gasteiger charge is -2.14. The Kier molecular flexibility index (Phi) is 1.63. The van der Waals surface area contributed by atoms with Crippen LogP contribution in [0.3, 0.4) is 0 Å². The van der Waals surface area contributed by atoms with E-state index in [0.29, 0.717) is 6.73 Å². The zero-order valence-corrected chi connectivity index (χ0v) is 6.47. The van der Waals surface area contributed by atoms with Crippen LogP contribution in [0.2, 0.25) is 0 Å². The number of ether oxygens (including phenoxy) is 1. The Hall–Kier alpha value is -1.64. The molecule has 0 radical (unpaired) electrons. The molecule has 0 saturated carbocycles. The van der Waals surface area contributed by atoms with Crippen LogP contribution in [-0.2, 0) is 4.74 Å². The Bertz CT molecular complexity index is 309. The van der Waals surface area contributed by atoms with Gasteiger partial charge in [-0.2, -0.15) is 0 Å². The van der Waals surface area contributed by atoms with E-state index in [0.717, 1.165) is 5.69 Å². The van der Waals surface area contributed by atoms with Crippen LogP contribution in [0.15, 0.2) is 36.7 Å². The maximum atomic E-state index is 9.44. The van der Waals surface area contributed by atoms with Gasteiger partial charge in [0.15, 0.2) is 6.73 Å². The van der Waals surface area contributed by atoms with E-state index in [9.17, 15) is 5.11 Å². The van der Waals surface area contributed by atoms with Crippen LogP contribution in [-0.4, -0.2) is 11.8 Å². The molecule has 1 aromatic carbocycles. The lowest BCUT2D eigenvalue weighted by molar-refractivity contribution is 0.281. The molecule has 0 spiro atoms. The fraction of sp³-hybridized carbons (Fsp3) is 0.111. The largest absolute Gasteiger partial charge is 0.506 e. The van der Waals surface area contributed by atoms with Gasteiger partial charge in [0.1, 0.15) is 12.0 Å². The highest BCUT2D eigenvalue weighted by Gasteiger charge is 2.10. The molecule has 62 valence electrons. The second-order valence-electron chi connectivity index (χ2n) is 2.54. The predicted molar refractivity (Wildman–Crippen MR) is 45.7 cm³/mol. The van der Waals surface area contributed by atoms with Gasteiger partial charge in [0.25, 0.3) is 0 Å². The van der Waals surface area contributed by atoms with Crippen molar-refractivity contribution in [3.05, 3.63) is 36.7 Å². The van der Waals surface area contributed by atoms with Crippen molar-refractivity contribution in [1.29, 1.82) is 0 Å². The van der Waals surface area contributed by atoms with Gasteiger partial charge in [-0.05, 0) is 12.1 Å². The summed E-state index contributed by atoms with van der Waals surface area (Å²) in [5.41, 5.74) is 0.770. The van der Waals surface area contributed by atoms with Gasteiger partial charge in [-0.3, -0.25) is 0 Å². The summed E-state index contributed by atoms with van der Waals surface area (Å²) in [6.45, 7) is 0.470. The van der Waals surface area contributed by atoms with Crippen molar-refractivity contribution >= 4 is 5.69 Å². The number of para-hydroxylation sites is 2. The summed E-state index contributed by atoms with van der Waals surface area (Å²) in [6.07, 6.45) is 3.39. The number of hydrogen-bond acceptors (Lipinski definition) is 3. The van der Waals surface area contributed by atoms with Crippen molar-refractivity contribution in [3.8, 4) is 5.75 Å². The number of nitrogens with zero attached hydrogens (tertiary/aromatic N) is 1. The summed E-state index contributed by atoms with van der Waals surface area (Å²) in [4.78, 5) is 1.83. The molecular formula is C9H9NO2. The van der Waals surface area contributed by atoms with Crippen LogP contribution in [0.25, 0.3) is 0 Å². The number of anilines is 1. The van der Waals surface area contributed by atoms with Crippen molar-refractivity contribution in [2.24, 2.45) is 0 Å². The van der Waals surface area contributed by atoms with Gasteiger partial charge in [-0.1, -0.05) is 12.1 Å². The molecule has 3 nitrogen and oxygen atoms in total. The van der Waals surface area contributed by atoms with Crippen LogP contribution in [0.1, 0.15) is 0 Å². The number of phenols is 1. The lowest BCUT2D eigenvalue weighted by Crippen LogP contribution is -2.12. The minimum atomic E-state index is 0.271. The number of phenolic OH excluding ortho intramolecular Hbond substituents is 1. The SMILES string of the molecule is Oc1ccccc1N1C=COC1. The molecule has 0 amide bonds. The van der Waals surface area contributed by atoms with Crippen LogP contribution < -0.4 is 4.90 Å². The van der Waals surface area contributed by atoms with Gasteiger partial charge >= 0.3 is 0 Å². The molecule has 0 aromatic heterocycles. The highest BCUT2D eigenvalue weighted by Crippen LogP contribution is 2.27. The van der Waals surface area contributed by atoms with Crippen molar-refractivity contribution in [2.45, 2.75) is 0 Å². The summed E-state index contributed by atoms with van der Waals surface area (Å²) in [5.74, 6) is 0.271. The molecule has 0 fully saturated rings. The van der Waals surface area contributed by atoms with E-state index in [1.807, 2.05) is 17.0 Å². The maximum Gasteiger partial charge on any atom is 0.164 e. The zero-order valence-electron chi connectivity index (χ0n) is 6.47. The third kappa shape index (κ3) is 1.09. The summed E-state index contributed by atoms with van der Waals surface area (Å²) >= 11 is 0. The molecule has 1 aliphatic heterocycles. The molecule has 1 aliphatic rings. The number of hydrogen-bond donors (Lipinski definition) is 1. The van der Waals surface area contributed by atoms with Gasteiger partial charge < -0.3 is 14.7 Å². The average Bonchev–Trinajstić information content (AvgIpc) is 2.57. The lowest BCUT2D eigenvalue weighted by atomic mass is 10.3. The quantitative estimate of drug-likeness (QED) is 0.683. The Morgan fingerprint density at radius 3 is 2.83 bits per heavy atom. The monoisotopic (exact) mass is 163 g/mol. The molecule has 2 rings (SSSR count). The van der Waals surface area contributed by atoms with Crippen LogP contribution in [0.5, 0.6) is 5.75 Å². The Balaban J connectivity index is 2.33. The molecule has 0 atom stereocenters. The normalized spacial score (nSPS) is 14.8. The summed E-state index contributed by atoms with van der Waals surface area (Å²) in [6, 6.07) is 7.16. The van der Waals surface area contributed by atoms with Crippen LogP contribution in [0.4, 0.5) is 5.69 Å². The number of benzene rings is 1. The first kappa shape index (κ1) is 7.03. The van der Waals surface area contributed by atoms with E-state index in [4.69, 9.17) is 4.74 Å². The van der Waals surface area contributed by atoms with Crippen LogP contribution >= 0.6 is 0 Å². The first-order valence-corrected chi connectivity index (χ1v) is 3.71. The molecule has 3 heteroatoms. The van der Waals surface area contributed by atoms with Gasteiger partial charge in [-0.25, -0.2) is 0 Å². The number of aromatic hydroxyl groups is 1. The van der Waals surface area contributed by atoms with E-state index in [1.54, 1.807) is 24.6 Å². The minimum absolute atomic E-state index is 0.271. The molecule has 0 unspecified atom stereocenters. The van der Waals surface area contributed by atoms with E-state index >= 15 is 0 Å². The molecule has 1 heterocycles. The van der Waals surface area contributed by atoms with Crippen molar-refractivity contribution in [2.75, 3.05) is 11.6 Å². The molecule has 1 N–H and O–H groups in total. The Morgan fingerprint density at radius 1 is 1.33 bits per heavy atom. The fourth-order valence-electron chi connectivity index (χ4n) is 1.14. The van der Waals surface area contributed by atoms with E-state index in [-0.39, 0.29) is 5.75 Å². The predicted octanol–water partition coefficient (Wildman–Crippen LogP) is 1.66. The third-order valence-electron chi connectivity index (χ3n) is 1.74. The molecule has 0 aliphatic carbocycles.